The van der Waals surface area contributed by atoms with E-state index in [1.165, 1.54) is 19.2 Å². The number of carbonyl (C=O) groups is 4. The van der Waals surface area contributed by atoms with Crippen molar-refractivity contribution in [3.05, 3.63) is 64.2 Å². The Labute approximate surface area is 279 Å². The molecule has 0 bridgehead atoms. The van der Waals surface area contributed by atoms with E-state index in [2.05, 4.69) is 11.9 Å². The number of hydrogen-bond acceptors (Lipinski definition) is 12. The van der Waals surface area contributed by atoms with E-state index in [-0.39, 0.29) is 64.8 Å². The van der Waals surface area contributed by atoms with E-state index in [1.807, 2.05) is 6.92 Å². The van der Waals surface area contributed by atoms with Gasteiger partial charge in [0.05, 0.1) is 42.1 Å². The van der Waals surface area contributed by atoms with Gasteiger partial charge >= 0.3 is 5.97 Å². The third-order valence-electron chi connectivity index (χ3n) is 9.38. The average molecular weight is 666 g/mol. The lowest BCUT2D eigenvalue weighted by Crippen LogP contribution is -2.54. The number of hydrogen-bond donors (Lipinski definition) is 4. The van der Waals surface area contributed by atoms with Gasteiger partial charge in [0.15, 0.2) is 17.9 Å². The SMILES string of the molecule is C=CCCN[C@@H]1CC(O[C@H]2CC(C(=O)COC(=O)CCCC)Cc3c(O)c4c(c(O)c32)C(=O)c2c(OC)cccc2C4=O)O[C@@H](C)[C@H]1O. The van der Waals surface area contributed by atoms with E-state index in [0.717, 1.165) is 6.42 Å². The zero-order chi connectivity index (χ0) is 34.7. The number of nitrogens with one attached hydrogen (secondary N) is 1. The third-order valence-corrected chi connectivity index (χ3v) is 9.38. The lowest BCUT2D eigenvalue weighted by molar-refractivity contribution is -0.246. The standard InChI is InChI=1S/C36H43NO11/c1-5-7-12-26(39)46-17-23(38)19-14-21-29(25(15-19)48-27-16-22(37-13-8-6-2)32(40)18(3)47-27)36(44)31-30(34(21)42)33(41)20-10-9-11-24(45-4)28(20)35(31)43/h6,9-11,18-19,22,25,27,32,37,40,42,44H,2,5,7-8,12-17H2,1,3-4H3/t18-,19?,22+,25-,27?,32+/m0/s1. The molecule has 3 aliphatic rings. The van der Waals surface area contributed by atoms with Crippen molar-refractivity contribution in [1.82, 2.24) is 5.32 Å². The molecular weight excluding hydrogens is 622 g/mol. The quantitative estimate of drug-likeness (QED) is 0.0899. The Kier molecular flexibility index (Phi) is 11.0. The Morgan fingerprint density at radius 1 is 1.10 bits per heavy atom. The van der Waals surface area contributed by atoms with Gasteiger partial charge in [0.2, 0.25) is 5.78 Å². The number of aromatic hydroxyl groups is 2. The number of ketones is 3. The molecule has 258 valence electrons. The highest BCUT2D eigenvalue weighted by Crippen LogP contribution is 2.51. The molecule has 5 rings (SSSR count). The Balaban J connectivity index is 1.54. The molecule has 0 radical (unpaired) electrons. The number of carbonyl (C=O) groups excluding carboxylic acids is 4. The van der Waals surface area contributed by atoms with Crippen LogP contribution in [-0.4, -0.2) is 83.4 Å². The van der Waals surface area contributed by atoms with Crippen molar-refractivity contribution < 1.29 is 53.4 Å². The first kappa shape index (κ1) is 35.2. The number of benzene rings is 2. The van der Waals surface area contributed by atoms with Gasteiger partial charge in [-0.15, -0.1) is 6.58 Å². The van der Waals surface area contributed by atoms with Gasteiger partial charge in [-0.3, -0.25) is 19.2 Å². The second-order valence-electron chi connectivity index (χ2n) is 12.5. The lowest BCUT2D eigenvalue weighted by atomic mass is 9.73. The molecule has 12 heteroatoms. The Hall–Kier alpha value is -4.10. The van der Waals surface area contributed by atoms with Gasteiger partial charge in [0.25, 0.3) is 0 Å². The number of phenolic OH excluding ortho intramolecular Hbond substituents is 2. The molecular formula is C36H43NO11. The number of rotatable bonds is 13. The fourth-order valence-corrected chi connectivity index (χ4v) is 6.81. The molecule has 0 spiro atoms. The van der Waals surface area contributed by atoms with Gasteiger partial charge in [0, 0.05) is 41.5 Å². The van der Waals surface area contributed by atoms with Crippen LogP contribution in [0.5, 0.6) is 17.2 Å². The number of methoxy groups -OCH3 is 1. The Bertz CT molecular complexity index is 1600. The number of Topliss-reactive ketones (excluding diaryl/α,β-unsaturated/α-hetero) is 1. The van der Waals surface area contributed by atoms with Crippen LogP contribution in [0.4, 0.5) is 0 Å². The normalized spacial score (nSPS) is 24.7. The van der Waals surface area contributed by atoms with Crippen LogP contribution < -0.4 is 10.1 Å². The van der Waals surface area contributed by atoms with Gasteiger partial charge < -0.3 is 39.6 Å². The topological polar surface area (TPSA) is 178 Å². The summed E-state index contributed by atoms with van der Waals surface area (Å²) in [6.07, 6.45) is 0.637. The minimum Gasteiger partial charge on any atom is -0.507 e. The Morgan fingerprint density at radius 3 is 2.56 bits per heavy atom. The van der Waals surface area contributed by atoms with Gasteiger partial charge in [0.1, 0.15) is 23.9 Å². The van der Waals surface area contributed by atoms with Gasteiger partial charge in [-0.25, -0.2) is 0 Å². The summed E-state index contributed by atoms with van der Waals surface area (Å²) >= 11 is 0. The van der Waals surface area contributed by atoms with Crippen LogP contribution in [0.2, 0.25) is 0 Å². The first-order chi connectivity index (χ1) is 23.0. The van der Waals surface area contributed by atoms with Crippen molar-refractivity contribution in [1.29, 1.82) is 0 Å². The monoisotopic (exact) mass is 665 g/mol. The fraction of sp³-hybridized carbons (Fsp3) is 0.500. The van der Waals surface area contributed by atoms with E-state index >= 15 is 0 Å². The molecule has 1 aliphatic heterocycles. The molecule has 1 heterocycles. The van der Waals surface area contributed by atoms with Crippen LogP contribution >= 0.6 is 0 Å². The number of aliphatic hydroxyl groups is 1. The smallest absolute Gasteiger partial charge is 0.306 e. The predicted molar refractivity (Wildman–Crippen MR) is 172 cm³/mol. The molecule has 0 amide bonds. The molecule has 0 saturated carbocycles. The molecule has 1 saturated heterocycles. The number of phenols is 2. The van der Waals surface area contributed by atoms with E-state index in [1.54, 1.807) is 19.1 Å². The highest BCUT2D eigenvalue weighted by Gasteiger charge is 2.45. The maximum absolute atomic E-state index is 13.9. The van der Waals surface area contributed by atoms with Crippen LogP contribution in [0, 0.1) is 5.92 Å². The summed E-state index contributed by atoms with van der Waals surface area (Å²) in [6, 6.07) is 4.11. The van der Waals surface area contributed by atoms with Crippen LogP contribution in [0.25, 0.3) is 0 Å². The Morgan fingerprint density at radius 2 is 1.85 bits per heavy atom. The number of aliphatic hydroxyl groups excluding tert-OH is 1. The molecule has 4 N–H and O–H groups in total. The van der Waals surface area contributed by atoms with Crippen LogP contribution in [-0.2, 0) is 30.2 Å². The zero-order valence-electron chi connectivity index (χ0n) is 27.5. The fourth-order valence-electron chi connectivity index (χ4n) is 6.81. The van der Waals surface area contributed by atoms with E-state index in [0.29, 0.717) is 19.4 Å². The lowest BCUT2D eigenvalue weighted by Gasteiger charge is -2.41. The van der Waals surface area contributed by atoms with Crippen molar-refractivity contribution in [2.75, 3.05) is 20.3 Å². The van der Waals surface area contributed by atoms with Crippen molar-refractivity contribution in [2.45, 2.75) is 89.4 Å². The number of fused-ring (bicyclic) bond motifs is 3. The maximum atomic E-state index is 13.9. The first-order valence-electron chi connectivity index (χ1n) is 16.4. The largest absolute Gasteiger partial charge is 0.507 e. The average Bonchev–Trinajstić information content (AvgIpc) is 3.08. The summed E-state index contributed by atoms with van der Waals surface area (Å²) < 4.78 is 23.0. The van der Waals surface area contributed by atoms with Crippen molar-refractivity contribution in [3.8, 4) is 17.2 Å². The van der Waals surface area contributed by atoms with Crippen molar-refractivity contribution in [3.63, 3.8) is 0 Å². The summed E-state index contributed by atoms with van der Waals surface area (Å²) in [5.41, 5.74) is -0.635. The van der Waals surface area contributed by atoms with E-state index in [4.69, 9.17) is 18.9 Å². The molecule has 2 aromatic carbocycles. The molecule has 1 fully saturated rings. The van der Waals surface area contributed by atoms with Crippen molar-refractivity contribution >= 4 is 23.3 Å². The predicted octanol–water partition coefficient (Wildman–Crippen LogP) is 3.83. The van der Waals surface area contributed by atoms with Crippen LogP contribution in [0.15, 0.2) is 30.9 Å². The molecule has 0 aromatic heterocycles. The summed E-state index contributed by atoms with van der Waals surface area (Å²) in [4.78, 5) is 53.3. The molecule has 48 heavy (non-hydrogen) atoms. The van der Waals surface area contributed by atoms with Crippen molar-refractivity contribution in [2.24, 2.45) is 5.92 Å². The second-order valence-corrected chi connectivity index (χ2v) is 12.5. The van der Waals surface area contributed by atoms with Gasteiger partial charge in [-0.05, 0) is 45.2 Å². The van der Waals surface area contributed by atoms with E-state index < -0.39 is 78.0 Å². The highest BCUT2D eigenvalue weighted by molar-refractivity contribution is 6.31. The molecule has 2 aliphatic carbocycles. The second kappa shape index (κ2) is 15.0. The van der Waals surface area contributed by atoms with Gasteiger partial charge in [-0.1, -0.05) is 31.6 Å². The van der Waals surface area contributed by atoms with Crippen LogP contribution in [0.1, 0.15) is 101 Å². The molecule has 2 unspecified atom stereocenters. The minimum absolute atomic E-state index is 0.00245. The highest BCUT2D eigenvalue weighted by atomic mass is 16.7. The minimum atomic E-state index is -1.09. The number of ether oxygens (including phenoxy) is 4. The molecule has 12 nitrogen and oxygen atoms in total. The zero-order valence-corrected chi connectivity index (χ0v) is 27.5. The summed E-state index contributed by atoms with van der Waals surface area (Å²) in [5, 5.41) is 37.5. The van der Waals surface area contributed by atoms with Crippen LogP contribution in [0.3, 0.4) is 0 Å². The first-order valence-corrected chi connectivity index (χ1v) is 16.4. The summed E-state index contributed by atoms with van der Waals surface area (Å²) in [5.74, 6) is -4.09. The molecule has 6 atom stereocenters. The number of unbranched alkanes of at least 4 members (excludes halogenated alkanes) is 1. The summed E-state index contributed by atoms with van der Waals surface area (Å²) in [7, 11) is 1.36. The maximum Gasteiger partial charge on any atom is 0.306 e. The summed E-state index contributed by atoms with van der Waals surface area (Å²) in [6.45, 7) is 7.43. The number of esters is 1. The third kappa shape index (κ3) is 6.75. The van der Waals surface area contributed by atoms with Gasteiger partial charge in [-0.2, -0.15) is 0 Å². The molecule has 2 aromatic rings. The van der Waals surface area contributed by atoms with E-state index in [9.17, 15) is 34.5 Å².